The zero-order chi connectivity index (χ0) is 19.3. The second-order valence-electron chi connectivity index (χ2n) is 6.79. The molecule has 1 saturated heterocycles. The third-order valence-corrected chi connectivity index (χ3v) is 4.87. The highest BCUT2D eigenvalue weighted by atomic mass is 16.5. The molecule has 3 aromatic rings. The topological polar surface area (TPSA) is 75.4 Å². The molecule has 0 aliphatic carbocycles. The van der Waals surface area contributed by atoms with Gasteiger partial charge in [0.1, 0.15) is 6.04 Å². The standard InChI is InChI=1S/C22H21N3O3/c26-21(18-15-19(28-24-18)16-9-3-1-4-10-16)23-20(17-11-5-2-6-12-17)22(27)25-13-7-8-14-25/h1-6,9-12,15,20H,7-8,13-14H2,(H,23,26)/t20-/m0/s1. The Kier molecular flexibility index (Phi) is 5.19. The van der Waals surface area contributed by atoms with Crippen LogP contribution in [0.2, 0.25) is 0 Å². The third-order valence-electron chi connectivity index (χ3n) is 4.87. The molecule has 1 N–H and O–H groups in total. The summed E-state index contributed by atoms with van der Waals surface area (Å²) in [4.78, 5) is 27.6. The van der Waals surface area contributed by atoms with E-state index in [1.807, 2.05) is 60.7 Å². The van der Waals surface area contributed by atoms with Crippen LogP contribution in [-0.2, 0) is 4.79 Å². The zero-order valence-electron chi connectivity index (χ0n) is 15.4. The van der Waals surface area contributed by atoms with E-state index in [-0.39, 0.29) is 11.6 Å². The van der Waals surface area contributed by atoms with Gasteiger partial charge in [-0.1, -0.05) is 65.8 Å². The van der Waals surface area contributed by atoms with Crippen molar-refractivity contribution < 1.29 is 14.1 Å². The first kappa shape index (κ1) is 18.0. The number of hydrogen-bond donors (Lipinski definition) is 1. The number of nitrogens with zero attached hydrogens (tertiary/aromatic N) is 2. The third kappa shape index (κ3) is 3.81. The average molecular weight is 375 g/mol. The maximum absolute atomic E-state index is 13.0. The van der Waals surface area contributed by atoms with Gasteiger partial charge < -0.3 is 14.7 Å². The molecule has 6 nitrogen and oxygen atoms in total. The van der Waals surface area contributed by atoms with Gasteiger partial charge in [0.15, 0.2) is 11.5 Å². The highest BCUT2D eigenvalue weighted by Crippen LogP contribution is 2.22. The van der Waals surface area contributed by atoms with Gasteiger partial charge in [-0.25, -0.2) is 0 Å². The molecule has 0 unspecified atom stereocenters. The first-order valence-corrected chi connectivity index (χ1v) is 9.39. The van der Waals surface area contributed by atoms with Crippen molar-refractivity contribution in [2.75, 3.05) is 13.1 Å². The minimum Gasteiger partial charge on any atom is -0.355 e. The first-order valence-electron chi connectivity index (χ1n) is 9.39. The molecule has 142 valence electrons. The van der Waals surface area contributed by atoms with Crippen molar-refractivity contribution >= 4 is 11.8 Å². The molecular formula is C22H21N3O3. The molecule has 0 spiro atoms. The summed E-state index contributed by atoms with van der Waals surface area (Å²) in [6.45, 7) is 1.44. The number of benzene rings is 2. The summed E-state index contributed by atoms with van der Waals surface area (Å²) in [6.07, 6.45) is 1.98. The summed E-state index contributed by atoms with van der Waals surface area (Å²) in [7, 11) is 0. The summed E-state index contributed by atoms with van der Waals surface area (Å²) in [5.41, 5.74) is 1.73. The van der Waals surface area contributed by atoms with Gasteiger partial charge in [-0.05, 0) is 18.4 Å². The molecule has 1 aromatic heterocycles. The molecular weight excluding hydrogens is 354 g/mol. The lowest BCUT2D eigenvalue weighted by Crippen LogP contribution is -2.41. The van der Waals surface area contributed by atoms with Crippen LogP contribution in [0.3, 0.4) is 0 Å². The summed E-state index contributed by atoms with van der Waals surface area (Å²) < 4.78 is 5.31. The highest BCUT2D eigenvalue weighted by molar-refractivity contribution is 5.97. The number of likely N-dealkylation sites (tertiary alicyclic amines) is 1. The van der Waals surface area contributed by atoms with Gasteiger partial charge in [-0.2, -0.15) is 0 Å². The van der Waals surface area contributed by atoms with E-state index in [1.54, 1.807) is 11.0 Å². The second-order valence-corrected chi connectivity index (χ2v) is 6.79. The molecule has 4 rings (SSSR count). The molecule has 2 amide bonds. The van der Waals surface area contributed by atoms with Crippen LogP contribution in [0.25, 0.3) is 11.3 Å². The van der Waals surface area contributed by atoms with Gasteiger partial charge in [0, 0.05) is 24.7 Å². The van der Waals surface area contributed by atoms with E-state index < -0.39 is 11.9 Å². The van der Waals surface area contributed by atoms with Crippen LogP contribution >= 0.6 is 0 Å². The van der Waals surface area contributed by atoms with Crippen molar-refractivity contribution in [3.63, 3.8) is 0 Å². The zero-order valence-corrected chi connectivity index (χ0v) is 15.4. The maximum atomic E-state index is 13.0. The van der Waals surface area contributed by atoms with E-state index in [1.165, 1.54) is 0 Å². The highest BCUT2D eigenvalue weighted by Gasteiger charge is 2.30. The van der Waals surface area contributed by atoms with Crippen molar-refractivity contribution in [2.45, 2.75) is 18.9 Å². The van der Waals surface area contributed by atoms with E-state index >= 15 is 0 Å². The van der Waals surface area contributed by atoms with Crippen LogP contribution in [0.5, 0.6) is 0 Å². The van der Waals surface area contributed by atoms with Crippen LogP contribution in [0.4, 0.5) is 0 Å². The van der Waals surface area contributed by atoms with E-state index in [4.69, 9.17) is 4.52 Å². The Balaban J connectivity index is 1.55. The molecule has 2 aromatic carbocycles. The van der Waals surface area contributed by atoms with Crippen LogP contribution in [-0.4, -0.2) is 35.0 Å². The number of hydrogen-bond acceptors (Lipinski definition) is 4. The fourth-order valence-electron chi connectivity index (χ4n) is 3.38. The van der Waals surface area contributed by atoms with Crippen molar-refractivity contribution in [3.8, 4) is 11.3 Å². The van der Waals surface area contributed by atoms with Crippen LogP contribution in [0, 0.1) is 0 Å². The number of rotatable bonds is 5. The quantitative estimate of drug-likeness (QED) is 0.741. The summed E-state index contributed by atoms with van der Waals surface area (Å²) in [6, 6.07) is 19.6. The van der Waals surface area contributed by atoms with Crippen molar-refractivity contribution in [3.05, 3.63) is 78.0 Å². The molecule has 1 fully saturated rings. The van der Waals surface area contributed by atoms with Gasteiger partial charge in [0.2, 0.25) is 5.91 Å². The van der Waals surface area contributed by atoms with Gasteiger partial charge in [-0.3, -0.25) is 9.59 Å². The predicted molar refractivity (Wildman–Crippen MR) is 104 cm³/mol. The Morgan fingerprint density at radius 1 is 0.964 bits per heavy atom. The number of aromatic nitrogens is 1. The molecule has 0 saturated carbocycles. The Labute approximate surface area is 163 Å². The second kappa shape index (κ2) is 8.08. The smallest absolute Gasteiger partial charge is 0.274 e. The number of nitrogens with one attached hydrogen (secondary N) is 1. The Bertz CT molecular complexity index is 947. The van der Waals surface area contributed by atoms with Gasteiger partial charge >= 0.3 is 0 Å². The molecule has 28 heavy (non-hydrogen) atoms. The fourth-order valence-corrected chi connectivity index (χ4v) is 3.38. The van der Waals surface area contributed by atoms with Gasteiger partial charge in [0.05, 0.1) is 0 Å². The molecule has 2 heterocycles. The Morgan fingerprint density at radius 3 is 2.29 bits per heavy atom. The lowest BCUT2D eigenvalue weighted by atomic mass is 10.1. The molecule has 0 radical (unpaired) electrons. The Morgan fingerprint density at radius 2 is 1.61 bits per heavy atom. The first-order chi connectivity index (χ1) is 13.7. The average Bonchev–Trinajstić information content (AvgIpc) is 3.45. The molecule has 6 heteroatoms. The normalized spacial score (nSPS) is 14.6. The number of carbonyl (C=O) groups is 2. The lowest BCUT2D eigenvalue weighted by molar-refractivity contribution is -0.132. The summed E-state index contributed by atoms with van der Waals surface area (Å²) in [5.74, 6) is -0.0240. The fraction of sp³-hybridized carbons (Fsp3) is 0.227. The van der Waals surface area contributed by atoms with Crippen LogP contribution in [0.15, 0.2) is 71.3 Å². The summed E-state index contributed by atoms with van der Waals surface area (Å²) >= 11 is 0. The van der Waals surface area contributed by atoms with Crippen molar-refractivity contribution in [1.29, 1.82) is 0 Å². The van der Waals surface area contributed by atoms with Crippen molar-refractivity contribution in [2.24, 2.45) is 0 Å². The molecule has 1 aliphatic rings. The van der Waals surface area contributed by atoms with Crippen LogP contribution < -0.4 is 5.32 Å². The number of carbonyl (C=O) groups excluding carboxylic acids is 2. The summed E-state index contributed by atoms with van der Waals surface area (Å²) in [5, 5.41) is 6.72. The maximum Gasteiger partial charge on any atom is 0.274 e. The minimum absolute atomic E-state index is 0.0937. The van der Waals surface area contributed by atoms with E-state index in [0.29, 0.717) is 5.76 Å². The number of amides is 2. The monoisotopic (exact) mass is 375 g/mol. The van der Waals surface area contributed by atoms with Gasteiger partial charge in [0.25, 0.3) is 5.91 Å². The lowest BCUT2D eigenvalue weighted by Gasteiger charge is -2.24. The molecule has 1 aliphatic heterocycles. The molecule has 0 bridgehead atoms. The van der Waals surface area contributed by atoms with E-state index in [2.05, 4.69) is 10.5 Å². The van der Waals surface area contributed by atoms with E-state index in [9.17, 15) is 9.59 Å². The SMILES string of the molecule is O=C(N[C@H](C(=O)N1CCCC1)c1ccccc1)c1cc(-c2ccccc2)on1. The van der Waals surface area contributed by atoms with Gasteiger partial charge in [-0.15, -0.1) is 0 Å². The minimum atomic E-state index is -0.747. The van der Waals surface area contributed by atoms with Crippen LogP contribution in [0.1, 0.15) is 34.9 Å². The van der Waals surface area contributed by atoms with Crippen molar-refractivity contribution in [1.82, 2.24) is 15.4 Å². The largest absolute Gasteiger partial charge is 0.355 e. The molecule has 1 atom stereocenters. The predicted octanol–water partition coefficient (Wildman–Crippen LogP) is 3.44. The Hall–Kier alpha value is -3.41. The van der Waals surface area contributed by atoms with E-state index in [0.717, 1.165) is 37.1 Å².